The molecule has 0 spiro atoms. The Kier molecular flexibility index (Phi) is 10.9. The standard InChI is InChI=1S/C44H51N5O7Si/c1-43(2,3)57(6,7)49-27-46-39(47-40(53)28-14-10-8-11-15-28)34-41(49)48(26-45-34)42-36(51)35(50)37(56-42)38(52)44(29-16-12-9-13-17-29,30-18-22-32(54-4)23-19-30)31-20-24-33(55-5)25-21-31/h8-27,35-38,41-42,50-52H,1-7H3,(H,47,53)/t35-,36+,37-,38?,41?,42+/m0/s1. The molecule has 13 heteroatoms. The van der Waals surface area contributed by atoms with Crippen molar-refractivity contribution in [1.29, 1.82) is 0 Å². The highest BCUT2D eigenvalue weighted by molar-refractivity contribution is 6.79. The third-order valence-corrected chi connectivity index (χ3v) is 17.4. The van der Waals surface area contributed by atoms with Crippen LogP contribution in [-0.2, 0) is 10.2 Å². The molecule has 4 N–H and O–H groups in total. The summed E-state index contributed by atoms with van der Waals surface area (Å²) in [6.07, 6.45) is -4.25. The largest absolute Gasteiger partial charge is 0.497 e. The van der Waals surface area contributed by atoms with E-state index in [0.717, 1.165) is 5.56 Å². The highest BCUT2D eigenvalue weighted by atomic mass is 28.3. The molecule has 3 aliphatic rings. The lowest BCUT2D eigenvalue weighted by molar-refractivity contribution is -0.114. The lowest BCUT2D eigenvalue weighted by Gasteiger charge is -2.51. The zero-order valence-electron chi connectivity index (χ0n) is 33.3. The summed E-state index contributed by atoms with van der Waals surface area (Å²) >= 11 is 0. The van der Waals surface area contributed by atoms with Gasteiger partial charge in [-0.25, -0.2) is 9.98 Å². The highest BCUT2D eigenvalue weighted by Gasteiger charge is 2.58. The number of aliphatic hydroxyl groups is 3. The number of carbonyl (C=O) groups excluding carboxylic acids is 1. The predicted molar refractivity (Wildman–Crippen MR) is 222 cm³/mol. The maximum Gasteiger partial charge on any atom is 0.256 e. The molecule has 1 saturated heterocycles. The fourth-order valence-corrected chi connectivity index (χ4v) is 9.86. The first-order valence-electron chi connectivity index (χ1n) is 19.0. The topological polar surface area (TPSA) is 149 Å². The Hall–Kier alpha value is -5.31. The minimum Gasteiger partial charge on any atom is -0.497 e. The van der Waals surface area contributed by atoms with Gasteiger partial charge >= 0.3 is 0 Å². The number of nitrogens with zero attached hydrogens (tertiary/aromatic N) is 4. The number of nitrogens with one attached hydrogen (secondary N) is 1. The number of carbonyl (C=O) groups is 1. The van der Waals surface area contributed by atoms with Gasteiger partial charge in [0, 0.05) is 5.56 Å². The number of benzene rings is 4. The van der Waals surface area contributed by atoms with Crippen molar-refractivity contribution in [3.05, 3.63) is 143 Å². The Morgan fingerprint density at radius 2 is 1.30 bits per heavy atom. The lowest BCUT2D eigenvalue weighted by Crippen LogP contribution is -2.65. The molecule has 298 valence electrons. The normalized spacial score (nSPS) is 22.7. The van der Waals surface area contributed by atoms with E-state index >= 15 is 0 Å². The van der Waals surface area contributed by atoms with Gasteiger partial charge in [-0.2, -0.15) is 0 Å². The van der Waals surface area contributed by atoms with Crippen molar-refractivity contribution in [2.75, 3.05) is 14.2 Å². The van der Waals surface area contributed by atoms with Crippen molar-refractivity contribution in [3.63, 3.8) is 0 Å². The molecule has 0 saturated carbocycles. The second-order valence-corrected chi connectivity index (χ2v) is 21.3. The number of rotatable bonds is 11. The number of ether oxygens (including phenoxy) is 3. The fraction of sp³-hybridized carbons (Fsp3) is 0.341. The maximum atomic E-state index is 13.4. The minimum atomic E-state index is -2.43. The van der Waals surface area contributed by atoms with Crippen molar-refractivity contribution in [2.45, 2.75) is 81.1 Å². The number of hydrogen-bond acceptors (Lipinski definition) is 11. The van der Waals surface area contributed by atoms with Gasteiger partial charge in [-0.05, 0) is 58.1 Å². The molecule has 7 rings (SSSR count). The van der Waals surface area contributed by atoms with Crippen LogP contribution in [0.15, 0.2) is 131 Å². The molecule has 4 aromatic rings. The van der Waals surface area contributed by atoms with Crippen molar-refractivity contribution in [1.82, 2.24) is 14.8 Å². The van der Waals surface area contributed by atoms with E-state index in [1.807, 2.05) is 84.9 Å². The molecule has 1 fully saturated rings. The van der Waals surface area contributed by atoms with Crippen LogP contribution in [0.1, 0.15) is 47.8 Å². The number of hydrogen-bond donors (Lipinski definition) is 4. The first kappa shape index (κ1) is 39.9. The lowest BCUT2D eigenvalue weighted by atomic mass is 9.64. The van der Waals surface area contributed by atoms with Crippen molar-refractivity contribution in [3.8, 4) is 11.5 Å². The summed E-state index contributed by atoms with van der Waals surface area (Å²) in [5.74, 6) is 1.20. The smallest absolute Gasteiger partial charge is 0.256 e. The first-order valence-corrected chi connectivity index (χ1v) is 22.0. The van der Waals surface area contributed by atoms with Gasteiger partial charge in [-0.15, -0.1) is 0 Å². The van der Waals surface area contributed by atoms with Crippen LogP contribution in [0, 0.1) is 0 Å². The van der Waals surface area contributed by atoms with Crippen LogP contribution in [0.2, 0.25) is 18.1 Å². The number of aliphatic hydroxyl groups excluding tert-OH is 3. The average Bonchev–Trinajstić information content (AvgIpc) is 3.79. The molecule has 57 heavy (non-hydrogen) atoms. The van der Waals surface area contributed by atoms with Gasteiger partial charge in [0.2, 0.25) is 0 Å². The van der Waals surface area contributed by atoms with Crippen molar-refractivity contribution in [2.24, 2.45) is 9.98 Å². The molecule has 0 radical (unpaired) electrons. The Morgan fingerprint density at radius 1 is 0.772 bits per heavy atom. The van der Waals surface area contributed by atoms with E-state index in [9.17, 15) is 20.1 Å². The van der Waals surface area contributed by atoms with Gasteiger partial charge in [-0.1, -0.05) is 107 Å². The van der Waals surface area contributed by atoms with Crippen LogP contribution in [0.25, 0.3) is 0 Å². The molecule has 2 unspecified atom stereocenters. The molecule has 0 bridgehead atoms. The third-order valence-electron chi connectivity index (χ3n) is 12.1. The summed E-state index contributed by atoms with van der Waals surface area (Å²) in [4.78, 5) is 24.7. The molecule has 4 aromatic carbocycles. The third kappa shape index (κ3) is 6.93. The van der Waals surface area contributed by atoms with Crippen LogP contribution in [-0.4, -0.2) is 103 Å². The Balaban J connectivity index is 1.31. The van der Waals surface area contributed by atoms with Gasteiger partial charge in [0.25, 0.3) is 5.91 Å². The number of methoxy groups -OCH3 is 2. The van der Waals surface area contributed by atoms with Crippen molar-refractivity contribution < 1.29 is 34.3 Å². The molecular formula is C44H51N5O7Si. The van der Waals surface area contributed by atoms with Crippen LogP contribution in [0.4, 0.5) is 0 Å². The van der Waals surface area contributed by atoms with E-state index in [1.165, 1.54) is 0 Å². The fourth-order valence-electron chi connectivity index (χ4n) is 7.88. The quantitative estimate of drug-likeness (QED) is 0.115. The van der Waals surface area contributed by atoms with Gasteiger partial charge in [-0.3, -0.25) is 4.79 Å². The van der Waals surface area contributed by atoms with E-state index in [2.05, 4.69) is 43.7 Å². The molecule has 6 atom stereocenters. The highest BCUT2D eigenvalue weighted by Crippen LogP contribution is 2.48. The molecule has 1 amide bonds. The Bertz CT molecular complexity index is 2090. The van der Waals surface area contributed by atoms with Crippen LogP contribution in [0.5, 0.6) is 11.5 Å². The molecule has 12 nitrogen and oxygen atoms in total. The zero-order chi connectivity index (χ0) is 40.7. The minimum absolute atomic E-state index is 0.150. The SMILES string of the molecule is COc1ccc(C(c2ccccc2)(c2ccc(OC)cc2)C(O)[C@H]2O[C@@H](N3C=NC4=C(NC(=O)c5ccccc5)N=CN([Si](C)(C)C(C)(C)C)C43)[C@H](O)[C@@H]2O)cc1. The molecule has 3 aliphatic heterocycles. The summed E-state index contributed by atoms with van der Waals surface area (Å²) < 4.78 is 19.9. The van der Waals surface area contributed by atoms with Gasteiger partial charge in [0.15, 0.2) is 20.3 Å². The molecule has 0 aromatic heterocycles. The maximum absolute atomic E-state index is 13.4. The second-order valence-electron chi connectivity index (χ2n) is 16.1. The monoisotopic (exact) mass is 789 g/mol. The van der Waals surface area contributed by atoms with Gasteiger partial charge in [0.1, 0.15) is 47.8 Å². The van der Waals surface area contributed by atoms with Gasteiger partial charge in [0.05, 0.1) is 32.3 Å². The Morgan fingerprint density at radius 3 is 1.82 bits per heavy atom. The number of fused-ring (bicyclic) bond motifs is 1. The van der Waals surface area contributed by atoms with E-state index in [-0.39, 0.29) is 16.8 Å². The average molecular weight is 790 g/mol. The van der Waals surface area contributed by atoms with E-state index in [1.54, 1.807) is 56.1 Å². The molecular weight excluding hydrogens is 739 g/mol. The van der Waals surface area contributed by atoms with Gasteiger partial charge < -0.3 is 44.3 Å². The van der Waals surface area contributed by atoms with Crippen LogP contribution in [0.3, 0.4) is 0 Å². The molecule has 3 heterocycles. The summed E-state index contributed by atoms with van der Waals surface area (Å²) in [5.41, 5.74) is 1.77. The van der Waals surface area contributed by atoms with Crippen LogP contribution < -0.4 is 14.8 Å². The molecule has 0 aliphatic carbocycles. The zero-order valence-corrected chi connectivity index (χ0v) is 34.3. The second kappa shape index (κ2) is 15.6. The number of aliphatic imine (C=N–C) groups is 2. The summed E-state index contributed by atoms with van der Waals surface area (Å²) in [6.45, 7) is 11.0. The summed E-state index contributed by atoms with van der Waals surface area (Å²) in [7, 11) is 0.758. The van der Waals surface area contributed by atoms with E-state index < -0.39 is 50.5 Å². The Labute approximate surface area is 334 Å². The predicted octanol–water partition coefficient (Wildman–Crippen LogP) is 5.46. The summed E-state index contributed by atoms with van der Waals surface area (Å²) in [6, 6.07) is 33.3. The van der Waals surface area contributed by atoms with E-state index in [0.29, 0.717) is 33.9 Å². The van der Waals surface area contributed by atoms with E-state index in [4.69, 9.17) is 24.2 Å². The number of amides is 1. The summed E-state index contributed by atoms with van der Waals surface area (Å²) in [5, 5.41) is 39.8. The first-order chi connectivity index (χ1) is 27.2. The van der Waals surface area contributed by atoms with Crippen molar-refractivity contribution >= 4 is 26.8 Å². The van der Waals surface area contributed by atoms with Crippen LogP contribution >= 0.6 is 0 Å².